The van der Waals surface area contributed by atoms with E-state index in [1.807, 2.05) is 0 Å². The minimum absolute atomic E-state index is 0.0346. The summed E-state index contributed by atoms with van der Waals surface area (Å²) in [5.74, 6) is 0.468. The molecular weight excluding hydrogens is 178 g/mol. The van der Waals surface area contributed by atoms with E-state index in [-0.39, 0.29) is 11.6 Å². The average molecular weight is 201 g/mol. The Hall–Kier alpha value is -0.120. The minimum atomic E-state index is -0.0346. The van der Waals surface area contributed by atoms with Gasteiger partial charge in [-0.05, 0) is 31.6 Å². The third-order valence-electron chi connectivity index (χ3n) is 3.60. The fourth-order valence-corrected chi connectivity index (χ4v) is 2.20. The van der Waals surface area contributed by atoms with Gasteiger partial charge in [-0.15, -0.1) is 0 Å². The molecule has 2 atom stereocenters. The lowest BCUT2D eigenvalue weighted by atomic mass is 9.70. The Kier molecular flexibility index (Phi) is 4.35. The van der Waals surface area contributed by atoms with Crippen molar-refractivity contribution >= 4 is 0 Å². The molecule has 0 aliphatic heterocycles. The molecule has 1 rings (SSSR count). The van der Waals surface area contributed by atoms with Crippen LogP contribution in [0.15, 0.2) is 0 Å². The Morgan fingerprint density at radius 2 is 2.00 bits per heavy atom. The van der Waals surface area contributed by atoms with Gasteiger partial charge in [0.05, 0.1) is 5.60 Å². The number of hydrogen-bond donors (Lipinski definition) is 1. The summed E-state index contributed by atoms with van der Waals surface area (Å²) in [6, 6.07) is 0.149. The Bertz CT molecular complexity index is 163. The van der Waals surface area contributed by atoms with Crippen LogP contribution in [0.2, 0.25) is 0 Å². The van der Waals surface area contributed by atoms with Crippen LogP contribution in [-0.4, -0.2) is 32.5 Å². The predicted molar refractivity (Wildman–Crippen MR) is 57.2 cm³/mol. The highest BCUT2D eigenvalue weighted by molar-refractivity contribution is 4.99. The molecule has 3 nitrogen and oxygen atoms in total. The fourth-order valence-electron chi connectivity index (χ4n) is 2.20. The van der Waals surface area contributed by atoms with E-state index in [1.54, 1.807) is 14.2 Å². The van der Waals surface area contributed by atoms with E-state index < -0.39 is 0 Å². The first-order valence-electron chi connectivity index (χ1n) is 5.46. The van der Waals surface area contributed by atoms with Crippen molar-refractivity contribution in [3.8, 4) is 0 Å². The highest BCUT2D eigenvalue weighted by atomic mass is 16.5. The predicted octanol–water partition coefficient (Wildman–Crippen LogP) is 1.56. The quantitative estimate of drug-likeness (QED) is 0.709. The number of ether oxygens (including phenoxy) is 2. The molecule has 0 amide bonds. The molecule has 84 valence electrons. The lowest BCUT2D eigenvalue weighted by molar-refractivity contribution is -0.102. The molecule has 0 aromatic rings. The van der Waals surface area contributed by atoms with Crippen LogP contribution in [0, 0.1) is 5.92 Å². The van der Waals surface area contributed by atoms with Crippen LogP contribution in [0.4, 0.5) is 0 Å². The third-order valence-corrected chi connectivity index (χ3v) is 3.60. The molecule has 1 saturated carbocycles. The molecule has 1 fully saturated rings. The topological polar surface area (TPSA) is 44.5 Å². The van der Waals surface area contributed by atoms with Gasteiger partial charge >= 0.3 is 0 Å². The molecule has 1 aliphatic carbocycles. The van der Waals surface area contributed by atoms with Gasteiger partial charge in [-0.3, -0.25) is 0 Å². The first-order valence-corrected chi connectivity index (χ1v) is 5.46. The Labute approximate surface area is 86.9 Å². The lowest BCUT2D eigenvalue weighted by Crippen LogP contribution is -2.57. The van der Waals surface area contributed by atoms with E-state index in [9.17, 15) is 0 Å². The van der Waals surface area contributed by atoms with Gasteiger partial charge in [-0.1, -0.05) is 6.92 Å². The van der Waals surface area contributed by atoms with Crippen molar-refractivity contribution in [2.24, 2.45) is 11.7 Å². The van der Waals surface area contributed by atoms with Crippen LogP contribution < -0.4 is 5.73 Å². The maximum atomic E-state index is 6.23. The molecule has 2 unspecified atom stereocenters. The van der Waals surface area contributed by atoms with Crippen molar-refractivity contribution in [1.82, 2.24) is 0 Å². The molecule has 0 spiro atoms. The lowest BCUT2D eigenvalue weighted by Gasteiger charge is -2.47. The van der Waals surface area contributed by atoms with Crippen LogP contribution in [0.3, 0.4) is 0 Å². The molecule has 0 radical (unpaired) electrons. The Morgan fingerprint density at radius 3 is 2.36 bits per heavy atom. The van der Waals surface area contributed by atoms with E-state index in [0.717, 1.165) is 25.9 Å². The molecule has 0 saturated heterocycles. The molecule has 0 heterocycles. The molecule has 2 N–H and O–H groups in total. The summed E-state index contributed by atoms with van der Waals surface area (Å²) < 4.78 is 10.6. The SMILES string of the molecule is COCCC(C)C(N)C1(OC)CCC1. The van der Waals surface area contributed by atoms with Gasteiger partial charge < -0.3 is 15.2 Å². The van der Waals surface area contributed by atoms with E-state index >= 15 is 0 Å². The van der Waals surface area contributed by atoms with Crippen LogP contribution >= 0.6 is 0 Å². The van der Waals surface area contributed by atoms with Crippen molar-refractivity contribution in [2.75, 3.05) is 20.8 Å². The second-order valence-electron chi connectivity index (χ2n) is 4.41. The van der Waals surface area contributed by atoms with Gasteiger partial charge in [-0.25, -0.2) is 0 Å². The highest BCUT2D eigenvalue weighted by Crippen LogP contribution is 2.40. The van der Waals surface area contributed by atoms with E-state index in [0.29, 0.717) is 5.92 Å². The monoisotopic (exact) mass is 201 g/mol. The van der Waals surface area contributed by atoms with Gasteiger partial charge in [0.2, 0.25) is 0 Å². The number of hydrogen-bond acceptors (Lipinski definition) is 3. The highest BCUT2D eigenvalue weighted by Gasteiger charge is 2.44. The summed E-state index contributed by atoms with van der Waals surface area (Å²) in [6.45, 7) is 2.97. The van der Waals surface area contributed by atoms with Crippen molar-refractivity contribution in [2.45, 2.75) is 44.2 Å². The third kappa shape index (κ3) is 2.27. The zero-order valence-electron chi connectivity index (χ0n) is 9.58. The molecule has 1 aliphatic rings. The summed E-state index contributed by atoms with van der Waals surface area (Å²) in [7, 11) is 3.51. The second kappa shape index (κ2) is 5.10. The first-order chi connectivity index (χ1) is 6.66. The van der Waals surface area contributed by atoms with E-state index in [4.69, 9.17) is 15.2 Å². The van der Waals surface area contributed by atoms with Gasteiger partial charge in [0.15, 0.2) is 0 Å². The largest absolute Gasteiger partial charge is 0.385 e. The first kappa shape index (κ1) is 12.0. The van der Waals surface area contributed by atoms with Crippen molar-refractivity contribution in [3.05, 3.63) is 0 Å². The van der Waals surface area contributed by atoms with Gasteiger partial charge in [0, 0.05) is 26.9 Å². The van der Waals surface area contributed by atoms with Gasteiger partial charge in [0.25, 0.3) is 0 Å². The van der Waals surface area contributed by atoms with Crippen LogP contribution in [-0.2, 0) is 9.47 Å². The van der Waals surface area contributed by atoms with Gasteiger partial charge in [0.1, 0.15) is 0 Å². The summed E-state index contributed by atoms with van der Waals surface area (Å²) in [5, 5.41) is 0. The summed E-state index contributed by atoms with van der Waals surface area (Å²) in [4.78, 5) is 0. The molecule has 3 heteroatoms. The molecule has 0 bridgehead atoms. The van der Waals surface area contributed by atoms with E-state index in [1.165, 1.54) is 6.42 Å². The maximum absolute atomic E-state index is 6.23. The molecule has 0 aromatic carbocycles. The van der Waals surface area contributed by atoms with E-state index in [2.05, 4.69) is 6.92 Å². The maximum Gasteiger partial charge on any atom is 0.0831 e. The van der Waals surface area contributed by atoms with Gasteiger partial charge in [-0.2, -0.15) is 0 Å². The van der Waals surface area contributed by atoms with Crippen LogP contribution in [0.1, 0.15) is 32.6 Å². The number of methoxy groups -OCH3 is 2. The van der Waals surface area contributed by atoms with Crippen molar-refractivity contribution in [3.63, 3.8) is 0 Å². The average Bonchev–Trinajstić information content (AvgIpc) is 2.13. The standard InChI is InChI=1S/C11H23NO2/c1-9(5-8-13-2)10(12)11(14-3)6-4-7-11/h9-10H,4-8,12H2,1-3H3. The normalized spacial score (nSPS) is 24.0. The summed E-state index contributed by atoms with van der Waals surface area (Å²) >= 11 is 0. The zero-order chi connectivity index (χ0) is 10.6. The number of nitrogens with two attached hydrogens (primary N) is 1. The summed E-state index contributed by atoms with van der Waals surface area (Å²) in [5.41, 5.74) is 6.19. The van der Waals surface area contributed by atoms with Crippen molar-refractivity contribution < 1.29 is 9.47 Å². The zero-order valence-corrected chi connectivity index (χ0v) is 9.58. The van der Waals surface area contributed by atoms with Crippen LogP contribution in [0.25, 0.3) is 0 Å². The molecule has 14 heavy (non-hydrogen) atoms. The second-order valence-corrected chi connectivity index (χ2v) is 4.41. The number of rotatable bonds is 6. The molecule has 0 aromatic heterocycles. The molecular formula is C11H23NO2. The summed E-state index contributed by atoms with van der Waals surface area (Å²) in [6.07, 6.45) is 4.49. The smallest absolute Gasteiger partial charge is 0.0831 e. The van der Waals surface area contributed by atoms with Crippen molar-refractivity contribution in [1.29, 1.82) is 0 Å². The minimum Gasteiger partial charge on any atom is -0.385 e. The fraction of sp³-hybridized carbons (Fsp3) is 1.00. The van der Waals surface area contributed by atoms with Crippen LogP contribution in [0.5, 0.6) is 0 Å². The Morgan fingerprint density at radius 1 is 1.36 bits per heavy atom. The Balaban J connectivity index is 2.41.